The van der Waals surface area contributed by atoms with E-state index in [-0.39, 0.29) is 17.0 Å². The number of rotatable bonds is 5. The summed E-state index contributed by atoms with van der Waals surface area (Å²) in [6.07, 6.45) is 0. The number of hydrogen-bond acceptors (Lipinski definition) is 4. The van der Waals surface area contributed by atoms with Crippen molar-refractivity contribution in [3.8, 4) is 0 Å². The fourth-order valence-corrected chi connectivity index (χ4v) is 1.98. The first kappa shape index (κ1) is 17.3. The predicted octanol–water partition coefficient (Wildman–Crippen LogP) is 2.96. The van der Waals surface area contributed by atoms with E-state index in [4.69, 9.17) is 0 Å². The first-order chi connectivity index (χ1) is 11.4. The molecule has 1 amide bonds. The van der Waals surface area contributed by atoms with Crippen molar-refractivity contribution < 1.29 is 27.9 Å². The molecule has 0 aliphatic heterocycles. The first-order valence-electron chi connectivity index (χ1n) is 6.91. The van der Waals surface area contributed by atoms with Crippen LogP contribution in [0.25, 0.3) is 0 Å². The summed E-state index contributed by atoms with van der Waals surface area (Å²) in [6.45, 7) is 0.588. The van der Waals surface area contributed by atoms with Gasteiger partial charge >= 0.3 is 5.97 Å². The summed E-state index contributed by atoms with van der Waals surface area (Å²) in [4.78, 5) is 34.9. The van der Waals surface area contributed by atoms with E-state index in [1.807, 2.05) is 0 Å². The van der Waals surface area contributed by atoms with E-state index in [1.165, 1.54) is 19.1 Å². The van der Waals surface area contributed by atoms with Crippen LogP contribution < -0.4 is 5.32 Å². The normalized spacial score (nSPS) is 10.1. The Kier molecular flexibility index (Phi) is 5.36. The minimum Gasteiger partial charge on any atom is -0.452 e. The topological polar surface area (TPSA) is 72.5 Å². The molecule has 0 aromatic heterocycles. The van der Waals surface area contributed by atoms with E-state index in [0.29, 0.717) is 0 Å². The second-order valence-corrected chi connectivity index (χ2v) is 4.82. The van der Waals surface area contributed by atoms with Crippen LogP contribution in [-0.4, -0.2) is 24.3 Å². The van der Waals surface area contributed by atoms with Gasteiger partial charge in [-0.05, 0) is 31.2 Å². The Hall–Kier alpha value is -3.09. The quantitative estimate of drug-likeness (QED) is 0.674. The highest BCUT2D eigenvalue weighted by atomic mass is 19.1. The van der Waals surface area contributed by atoms with Gasteiger partial charge < -0.3 is 10.1 Å². The van der Waals surface area contributed by atoms with Crippen LogP contribution in [0.15, 0.2) is 42.5 Å². The monoisotopic (exact) mass is 333 g/mol. The second-order valence-electron chi connectivity index (χ2n) is 4.82. The van der Waals surface area contributed by atoms with Gasteiger partial charge in [0.2, 0.25) is 0 Å². The van der Waals surface area contributed by atoms with Crippen molar-refractivity contribution in [1.82, 2.24) is 0 Å². The van der Waals surface area contributed by atoms with Crippen LogP contribution in [0.2, 0.25) is 0 Å². The van der Waals surface area contributed by atoms with Crippen LogP contribution in [0.5, 0.6) is 0 Å². The molecule has 0 aliphatic rings. The molecule has 7 heteroatoms. The van der Waals surface area contributed by atoms with Gasteiger partial charge in [-0.15, -0.1) is 0 Å². The Bertz CT molecular complexity index is 785. The maximum absolute atomic E-state index is 13.4. The number of hydrogen-bond donors (Lipinski definition) is 1. The summed E-state index contributed by atoms with van der Waals surface area (Å²) < 4.78 is 31.5. The SMILES string of the molecule is CC(=O)c1ccccc1NC(=O)COC(=O)c1c(F)cccc1F. The van der Waals surface area contributed by atoms with E-state index in [1.54, 1.807) is 12.1 Å². The first-order valence-corrected chi connectivity index (χ1v) is 6.91. The van der Waals surface area contributed by atoms with Gasteiger partial charge in [0.15, 0.2) is 12.4 Å². The molecule has 5 nitrogen and oxygen atoms in total. The molecule has 1 N–H and O–H groups in total. The molecule has 0 heterocycles. The highest BCUT2D eigenvalue weighted by Gasteiger charge is 2.19. The largest absolute Gasteiger partial charge is 0.452 e. The van der Waals surface area contributed by atoms with Crippen molar-refractivity contribution in [3.05, 3.63) is 65.2 Å². The number of halogens is 2. The molecule has 2 aromatic rings. The Morgan fingerprint density at radius 1 is 1.00 bits per heavy atom. The number of para-hydroxylation sites is 1. The molecule has 0 fully saturated rings. The summed E-state index contributed by atoms with van der Waals surface area (Å²) in [5.74, 6) is -4.45. The Balaban J connectivity index is 2.02. The molecule has 0 radical (unpaired) electrons. The van der Waals surface area contributed by atoms with Gasteiger partial charge in [0, 0.05) is 5.56 Å². The number of ketones is 1. The molecule has 2 rings (SSSR count). The van der Waals surface area contributed by atoms with Crippen molar-refractivity contribution in [2.75, 3.05) is 11.9 Å². The molecular weight excluding hydrogens is 320 g/mol. The molecular formula is C17H13F2NO4. The van der Waals surface area contributed by atoms with Crippen LogP contribution >= 0.6 is 0 Å². The molecule has 24 heavy (non-hydrogen) atoms. The fourth-order valence-electron chi connectivity index (χ4n) is 1.98. The van der Waals surface area contributed by atoms with E-state index in [2.05, 4.69) is 10.1 Å². The van der Waals surface area contributed by atoms with E-state index >= 15 is 0 Å². The minimum atomic E-state index is -1.29. The van der Waals surface area contributed by atoms with Crippen LogP contribution in [0, 0.1) is 11.6 Å². The lowest BCUT2D eigenvalue weighted by molar-refractivity contribution is -0.119. The summed E-state index contributed by atoms with van der Waals surface area (Å²) in [6, 6.07) is 9.19. The average molecular weight is 333 g/mol. The smallest absolute Gasteiger partial charge is 0.344 e. The number of anilines is 1. The third-order valence-electron chi connectivity index (χ3n) is 3.08. The fraction of sp³-hybridized carbons (Fsp3) is 0.118. The number of benzene rings is 2. The van der Waals surface area contributed by atoms with Gasteiger partial charge in [-0.3, -0.25) is 9.59 Å². The van der Waals surface area contributed by atoms with Crippen molar-refractivity contribution >= 4 is 23.3 Å². The Labute approximate surface area is 136 Å². The lowest BCUT2D eigenvalue weighted by atomic mass is 10.1. The van der Waals surface area contributed by atoms with Gasteiger partial charge in [0.1, 0.15) is 17.2 Å². The lowest BCUT2D eigenvalue weighted by Crippen LogP contribution is -2.22. The molecule has 0 saturated heterocycles. The maximum Gasteiger partial charge on any atom is 0.344 e. The molecule has 0 spiro atoms. The highest BCUT2D eigenvalue weighted by Crippen LogP contribution is 2.16. The molecule has 0 saturated carbocycles. The van der Waals surface area contributed by atoms with Gasteiger partial charge in [-0.2, -0.15) is 0 Å². The van der Waals surface area contributed by atoms with E-state index in [0.717, 1.165) is 18.2 Å². The zero-order chi connectivity index (χ0) is 17.7. The number of Topliss-reactive ketones (excluding diaryl/α,β-unsaturated/α-hetero) is 1. The number of amides is 1. The zero-order valence-electron chi connectivity index (χ0n) is 12.6. The number of esters is 1. The molecule has 0 bridgehead atoms. The number of ether oxygens (including phenoxy) is 1. The van der Waals surface area contributed by atoms with Crippen molar-refractivity contribution in [2.24, 2.45) is 0 Å². The van der Waals surface area contributed by atoms with Crippen LogP contribution in [0.3, 0.4) is 0 Å². The summed E-state index contributed by atoms with van der Waals surface area (Å²) in [5.41, 5.74) is -0.324. The van der Waals surface area contributed by atoms with Gasteiger partial charge in [0.05, 0.1) is 5.69 Å². The lowest BCUT2D eigenvalue weighted by Gasteiger charge is -2.10. The van der Waals surface area contributed by atoms with E-state index < -0.39 is 35.7 Å². The third kappa shape index (κ3) is 4.01. The number of nitrogens with one attached hydrogen (secondary N) is 1. The van der Waals surface area contributed by atoms with Crippen molar-refractivity contribution in [3.63, 3.8) is 0 Å². The van der Waals surface area contributed by atoms with Gasteiger partial charge in [-0.25, -0.2) is 13.6 Å². The summed E-state index contributed by atoms with van der Waals surface area (Å²) in [5, 5.41) is 2.40. The molecule has 0 aliphatic carbocycles. The van der Waals surface area contributed by atoms with Crippen LogP contribution in [0.4, 0.5) is 14.5 Å². The van der Waals surface area contributed by atoms with E-state index in [9.17, 15) is 23.2 Å². The van der Waals surface area contributed by atoms with Crippen LogP contribution in [-0.2, 0) is 9.53 Å². The highest BCUT2D eigenvalue weighted by molar-refractivity contribution is 6.04. The molecule has 0 atom stereocenters. The molecule has 2 aromatic carbocycles. The number of carbonyl (C=O) groups is 3. The third-order valence-corrected chi connectivity index (χ3v) is 3.08. The van der Waals surface area contributed by atoms with Gasteiger partial charge in [0.25, 0.3) is 5.91 Å². The molecule has 124 valence electrons. The zero-order valence-corrected chi connectivity index (χ0v) is 12.6. The second kappa shape index (κ2) is 7.45. The summed E-state index contributed by atoms with van der Waals surface area (Å²) in [7, 11) is 0. The van der Waals surface area contributed by atoms with Crippen molar-refractivity contribution in [1.29, 1.82) is 0 Å². The van der Waals surface area contributed by atoms with Crippen molar-refractivity contribution in [2.45, 2.75) is 6.92 Å². The molecule has 0 unspecified atom stereocenters. The van der Waals surface area contributed by atoms with Crippen LogP contribution in [0.1, 0.15) is 27.6 Å². The number of carbonyl (C=O) groups excluding carboxylic acids is 3. The minimum absolute atomic E-state index is 0.253. The Morgan fingerprint density at radius 3 is 2.25 bits per heavy atom. The maximum atomic E-state index is 13.4. The Morgan fingerprint density at radius 2 is 1.62 bits per heavy atom. The predicted molar refractivity (Wildman–Crippen MR) is 81.7 cm³/mol. The average Bonchev–Trinajstić information content (AvgIpc) is 2.53. The van der Waals surface area contributed by atoms with Gasteiger partial charge in [-0.1, -0.05) is 18.2 Å². The standard InChI is InChI=1S/C17H13F2NO4/c1-10(21)11-5-2-3-8-14(11)20-15(22)9-24-17(23)16-12(18)6-4-7-13(16)19/h2-8H,9H2,1H3,(H,20,22). The summed E-state index contributed by atoms with van der Waals surface area (Å²) >= 11 is 0.